The number of ether oxygens (including phenoxy) is 1. The van der Waals surface area contributed by atoms with Gasteiger partial charge in [0.2, 0.25) is 5.95 Å². The molecule has 3 rings (SSSR count). The predicted octanol–water partition coefficient (Wildman–Crippen LogP) is 2.22. The maximum Gasteiger partial charge on any atom is 0.220 e. The number of aliphatic imine (C=N–C) groups is 2. The van der Waals surface area contributed by atoms with Gasteiger partial charge in [-0.05, 0) is 24.3 Å². The number of nitrogens with two attached hydrogens (primary N) is 1. The van der Waals surface area contributed by atoms with E-state index in [1.165, 1.54) is 5.71 Å². The molecule has 2 N–H and O–H groups in total. The van der Waals surface area contributed by atoms with Gasteiger partial charge in [0, 0.05) is 50.7 Å². The minimum atomic E-state index is 0.0142. The summed E-state index contributed by atoms with van der Waals surface area (Å²) in [6.45, 7) is 4.88. The average Bonchev–Trinajstić information content (AvgIpc) is 2.54. The van der Waals surface area contributed by atoms with Gasteiger partial charge in [-0.1, -0.05) is 6.92 Å². The lowest BCUT2D eigenvalue weighted by Gasteiger charge is -2.32. The summed E-state index contributed by atoms with van der Waals surface area (Å²) >= 11 is 0. The van der Waals surface area contributed by atoms with Gasteiger partial charge in [0.25, 0.3) is 0 Å². The lowest BCUT2D eigenvalue weighted by Crippen LogP contribution is -2.30. The Hall–Kier alpha value is -1.82. The SMILES string of the molecule is CC1(CN=C2CC=NC(c3ccnc(N)n3)C2)CCOCC1. The van der Waals surface area contributed by atoms with E-state index in [-0.39, 0.29) is 11.5 Å². The van der Waals surface area contributed by atoms with Crippen molar-refractivity contribution in [3.8, 4) is 0 Å². The second kappa shape index (κ2) is 6.52. The standard InChI is InChI=1S/C16H23N5O/c1-16(4-8-22-9-5-16)11-20-12-2-6-18-14(10-12)13-3-7-19-15(17)21-13/h3,6-7,14H,2,4-5,8-11H2,1H3,(H2,17,19,21). The maximum absolute atomic E-state index is 5.66. The Labute approximate surface area is 130 Å². The minimum Gasteiger partial charge on any atom is -0.381 e. The number of nitrogens with zero attached hydrogens (tertiary/aromatic N) is 4. The Balaban J connectivity index is 1.66. The van der Waals surface area contributed by atoms with Crippen molar-refractivity contribution in [3.63, 3.8) is 0 Å². The highest BCUT2D eigenvalue weighted by Gasteiger charge is 2.27. The Bertz CT molecular complexity index is 578. The fourth-order valence-electron chi connectivity index (χ4n) is 2.85. The van der Waals surface area contributed by atoms with Gasteiger partial charge in [0.15, 0.2) is 0 Å². The molecule has 1 aromatic heterocycles. The number of aromatic nitrogens is 2. The van der Waals surface area contributed by atoms with Crippen LogP contribution in [0.1, 0.15) is 44.3 Å². The molecule has 118 valence electrons. The smallest absolute Gasteiger partial charge is 0.220 e. The van der Waals surface area contributed by atoms with Gasteiger partial charge in [0.05, 0.1) is 11.7 Å². The molecule has 6 nitrogen and oxygen atoms in total. The normalized spacial score (nSPS) is 26.2. The number of anilines is 1. The molecule has 1 aromatic rings. The van der Waals surface area contributed by atoms with Crippen molar-refractivity contribution in [2.24, 2.45) is 15.4 Å². The van der Waals surface area contributed by atoms with Crippen molar-refractivity contribution in [2.45, 2.75) is 38.6 Å². The first-order chi connectivity index (χ1) is 10.6. The van der Waals surface area contributed by atoms with Gasteiger partial charge in [-0.15, -0.1) is 0 Å². The molecule has 0 spiro atoms. The molecule has 1 saturated heterocycles. The van der Waals surface area contributed by atoms with E-state index in [0.717, 1.165) is 51.1 Å². The van der Waals surface area contributed by atoms with Crippen LogP contribution in [0.15, 0.2) is 22.2 Å². The molecule has 0 saturated carbocycles. The van der Waals surface area contributed by atoms with Crippen LogP contribution in [0.5, 0.6) is 0 Å². The van der Waals surface area contributed by atoms with Crippen molar-refractivity contribution in [2.75, 3.05) is 25.5 Å². The number of hydrogen-bond donors (Lipinski definition) is 1. The van der Waals surface area contributed by atoms with Gasteiger partial charge in [-0.3, -0.25) is 9.98 Å². The highest BCUT2D eigenvalue weighted by Crippen LogP contribution is 2.31. The Kier molecular flexibility index (Phi) is 4.47. The molecule has 6 heteroatoms. The van der Waals surface area contributed by atoms with E-state index < -0.39 is 0 Å². The Morgan fingerprint density at radius 3 is 3.00 bits per heavy atom. The quantitative estimate of drug-likeness (QED) is 0.927. The second-order valence-corrected chi connectivity index (χ2v) is 6.40. The molecule has 1 atom stereocenters. The van der Waals surface area contributed by atoms with E-state index in [9.17, 15) is 0 Å². The maximum atomic E-state index is 5.66. The van der Waals surface area contributed by atoms with E-state index in [1.54, 1.807) is 6.20 Å². The first kappa shape index (κ1) is 15.1. The van der Waals surface area contributed by atoms with E-state index in [2.05, 4.69) is 21.9 Å². The molecule has 2 aliphatic heterocycles. The number of hydrogen-bond acceptors (Lipinski definition) is 6. The van der Waals surface area contributed by atoms with Gasteiger partial charge < -0.3 is 10.5 Å². The number of rotatable bonds is 3. The topological polar surface area (TPSA) is 85.8 Å². The molecule has 2 aliphatic rings. The molecule has 0 aliphatic carbocycles. The molecule has 1 fully saturated rings. The average molecular weight is 301 g/mol. The van der Waals surface area contributed by atoms with Gasteiger partial charge >= 0.3 is 0 Å². The van der Waals surface area contributed by atoms with E-state index >= 15 is 0 Å². The number of nitrogen functional groups attached to an aromatic ring is 1. The van der Waals surface area contributed by atoms with Crippen LogP contribution in [-0.2, 0) is 4.74 Å². The first-order valence-corrected chi connectivity index (χ1v) is 7.85. The summed E-state index contributed by atoms with van der Waals surface area (Å²) in [5.74, 6) is 0.298. The summed E-state index contributed by atoms with van der Waals surface area (Å²) in [6.07, 6.45) is 7.45. The first-order valence-electron chi connectivity index (χ1n) is 7.85. The van der Waals surface area contributed by atoms with Crippen LogP contribution in [0.4, 0.5) is 5.95 Å². The van der Waals surface area contributed by atoms with Gasteiger partial charge in [-0.25, -0.2) is 9.97 Å². The van der Waals surface area contributed by atoms with E-state index in [0.29, 0.717) is 5.95 Å². The summed E-state index contributed by atoms with van der Waals surface area (Å²) in [6, 6.07) is 1.89. The highest BCUT2D eigenvalue weighted by atomic mass is 16.5. The van der Waals surface area contributed by atoms with Crippen LogP contribution in [-0.4, -0.2) is 41.7 Å². The molecule has 3 heterocycles. The van der Waals surface area contributed by atoms with Crippen LogP contribution in [0, 0.1) is 5.41 Å². The second-order valence-electron chi connectivity index (χ2n) is 6.40. The molecular weight excluding hydrogens is 278 g/mol. The zero-order valence-corrected chi connectivity index (χ0v) is 13.0. The summed E-state index contributed by atoms with van der Waals surface area (Å²) in [5.41, 5.74) is 8.00. The molecule has 22 heavy (non-hydrogen) atoms. The molecule has 0 bridgehead atoms. The van der Waals surface area contributed by atoms with E-state index in [4.69, 9.17) is 15.5 Å². The van der Waals surface area contributed by atoms with Crippen LogP contribution in [0.3, 0.4) is 0 Å². The Morgan fingerprint density at radius 1 is 1.41 bits per heavy atom. The lowest BCUT2D eigenvalue weighted by molar-refractivity contribution is 0.0283. The highest BCUT2D eigenvalue weighted by molar-refractivity contribution is 5.97. The third-order valence-electron chi connectivity index (χ3n) is 4.46. The van der Waals surface area contributed by atoms with Crippen LogP contribution >= 0.6 is 0 Å². The fraction of sp³-hybridized carbons (Fsp3) is 0.625. The monoisotopic (exact) mass is 301 g/mol. The molecular formula is C16H23N5O. The molecule has 0 amide bonds. The third-order valence-corrected chi connectivity index (χ3v) is 4.46. The van der Waals surface area contributed by atoms with Gasteiger partial charge in [-0.2, -0.15) is 0 Å². The van der Waals surface area contributed by atoms with Crippen molar-refractivity contribution < 1.29 is 4.74 Å². The van der Waals surface area contributed by atoms with Crippen LogP contribution in [0.2, 0.25) is 0 Å². The van der Waals surface area contributed by atoms with E-state index in [1.807, 2.05) is 12.3 Å². The van der Waals surface area contributed by atoms with Gasteiger partial charge in [0.1, 0.15) is 0 Å². The van der Waals surface area contributed by atoms with Crippen molar-refractivity contribution >= 4 is 17.9 Å². The molecule has 0 aromatic carbocycles. The van der Waals surface area contributed by atoms with Crippen molar-refractivity contribution in [3.05, 3.63) is 18.0 Å². The fourth-order valence-corrected chi connectivity index (χ4v) is 2.85. The van der Waals surface area contributed by atoms with Crippen LogP contribution < -0.4 is 5.73 Å². The summed E-state index contributed by atoms with van der Waals surface area (Å²) in [5, 5.41) is 0. The lowest BCUT2D eigenvalue weighted by atomic mass is 9.82. The molecule has 0 radical (unpaired) electrons. The van der Waals surface area contributed by atoms with Crippen molar-refractivity contribution in [1.82, 2.24) is 9.97 Å². The predicted molar refractivity (Wildman–Crippen MR) is 87.4 cm³/mol. The summed E-state index contributed by atoms with van der Waals surface area (Å²) in [4.78, 5) is 17.6. The zero-order chi connectivity index (χ0) is 15.4. The largest absolute Gasteiger partial charge is 0.381 e. The minimum absolute atomic E-state index is 0.0142. The zero-order valence-electron chi connectivity index (χ0n) is 13.0. The third kappa shape index (κ3) is 3.68. The summed E-state index contributed by atoms with van der Waals surface area (Å²) in [7, 11) is 0. The van der Waals surface area contributed by atoms with Crippen LogP contribution in [0.25, 0.3) is 0 Å². The Morgan fingerprint density at radius 2 is 2.23 bits per heavy atom. The van der Waals surface area contributed by atoms with Crippen molar-refractivity contribution in [1.29, 1.82) is 0 Å². The summed E-state index contributed by atoms with van der Waals surface area (Å²) < 4.78 is 5.45. The molecule has 1 unspecified atom stereocenters.